The van der Waals surface area contributed by atoms with Crippen LogP contribution in [0.4, 0.5) is 5.69 Å². The van der Waals surface area contributed by atoms with E-state index in [2.05, 4.69) is 84.7 Å². The second kappa shape index (κ2) is 9.39. The van der Waals surface area contributed by atoms with Crippen molar-refractivity contribution in [2.75, 3.05) is 4.31 Å². The van der Waals surface area contributed by atoms with E-state index in [1.165, 1.54) is 21.3 Å². The van der Waals surface area contributed by atoms with E-state index in [0.717, 1.165) is 28.5 Å². The van der Waals surface area contributed by atoms with E-state index in [9.17, 15) is 0 Å². The summed E-state index contributed by atoms with van der Waals surface area (Å²) in [6.45, 7) is 0. The van der Waals surface area contributed by atoms with E-state index in [-0.39, 0.29) is 0 Å². The number of hydrogen-bond donors (Lipinski definition) is 1. The molecule has 8 heteroatoms. The normalized spacial score (nSPS) is 12.9. The fourth-order valence-electron chi connectivity index (χ4n) is 3.51. The van der Waals surface area contributed by atoms with Gasteiger partial charge < -0.3 is 9.29 Å². The van der Waals surface area contributed by atoms with E-state index < -0.39 is 0 Å². The van der Waals surface area contributed by atoms with Gasteiger partial charge in [-0.15, -0.1) is 0 Å². The van der Waals surface area contributed by atoms with Gasteiger partial charge in [-0.05, 0) is 76.7 Å². The molecule has 0 atom stereocenters. The number of hydrogen-bond acceptors (Lipinski definition) is 4. The van der Waals surface area contributed by atoms with Gasteiger partial charge in [-0.2, -0.15) is 0 Å². The molecule has 1 aliphatic rings. The third kappa shape index (κ3) is 4.64. The summed E-state index contributed by atoms with van der Waals surface area (Å²) < 4.78 is 8.56. The van der Waals surface area contributed by atoms with Crippen molar-refractivity contribution in [2.45, 2.75) is 6.42 Å². The van der Waals surface area contributed by atoms with Crippen LogP contribution in [0, 0.1) is 3.57 Å². The number of halogens is 3. The highest BCUT2D eigenvalue weighted by atomic mass is 127. The van der Waals surface area contributed by atoms with Crippen LogP contribution in [-0.4, -0.2) is 9.55 Å². The zero-order valence-corrected chi connectivity index (χ0v) is 21.2. The van der Waals surface area contributed by atoms with Gasteiger partial charge in [0, 0.05) is 44.9 Å². The first-order valence-corrected chi connectivity index (χ1v) is 12.4. The number of benzene rings is 3. The van der Waals surface area contributed by atoms with Crippen LogP contribution in [0.15, 0.2) is 85.3 Å². The lowest BCUT2D eigenvalue weighted by Gasteiger charge is -2.15. The fraction of sp³-hybridized carbons (Fsp3) is 0.0417. The average molecular weight is 591 g/mol. The Bertz CT molecular complexity index is 1300. The first-order chi connectivity index (χ1) is 15.6. The number of aromatic nitrogens is 2. The minimum atomic E-state index is 0.585. The number of rotatable bonds is 5. The molecule has 1 N–H and O–H groups in total. The molecule has 2 heterocycles. The molecule has 0 amide bonds. The molecule has 1 aliphatic heterocycles. The van der Waals surface area contributed by atoms with Crippen LogP contribution in [0.5, 0.6) is 0 Å². The molecule has 0 fully saturated rings. The zero-order chi connectivity index (χ0) is 22.1. The van der Waals surface area contributed by atoms with E-state index in [0.29, 0.717) is 16.5 Å². The van der Waals surface area contributed by atoms with Gasteiger partial charge in [0.1, 0.15) is 5.82 Å². The number of nitrogens with one attached hydrogen (secondary N) is 1. The van der Waals surface area contributed by atoms with Crippen LogP contribution in [0.3, 0.4) is 0 Å². The molecule has 5 rings (SSSR count). The zero-order valence-electron chi connectivity index (χ0n) is 16.7. The maximum Gasteiger partial charge on any atom is 0.118 e. The predicted molar refractivity (Wildman–Crippen MR) is 143 cm³/mol. The number of anilines is 1. The molecule has 0 bridgehead atoms. The summed E-state index contributed by atoms with van der Waals surface area (Å²) in [4.78, 5) is 4.98. The van der Waals surface area contributed by atoms with Crippen molar-refractivity contribution in [2.24, 2.45) is 0 Å². The van der Waals surface area contributed by atoms with Gasteiger partial charge in [0.25, 0.3) is 0 Å². The second-order valence-electron chi connectivity index (χ2n) is 7.21. The lowest BCUT2D eigenvalue weighted by molar-refractivity contribution is 0.914. The molecule has 0 spiro atoms. The van der Waals surface area contributed by atoms with E-state index in [1.807, 2.05) is 30.7 Å². The molecule has 4 nitrogen and oxygen atoms in total. The van der Waals surface area contributed by atoms with Gasteiger partial charge in [0.2, 0.25) is 0 Å². The molecule has 0 aliphatic carbocycles. The monoisotopic (exact) mass is 590 g/mol. The summed E-state index contributed by atoms with van der Waals surface area (Å²) in [6.07, 6.45) is 6.66. The summed E-state index contributed by atoms with van der Waals surface area (Å²) in [6, 6.07) is 22.4. The summed E-state index contributed by atoms with van der Waals surface area (Å²) >= 11 is 16.5. The van der Waals surface area contributed by atoms with Crippen LogP contribution in [-0.2, 0) is 6.42 Å². The van der Waals surface area contributed by atoms with Gasteiger partial charge in [-0.25, -0.2) is 4.98 Å². The molecular weight excluding hydrogens is 574 g/mol. The molecule has 32 heavy (non-hydrogen) atoms. The minimum absolute atomic E-state index is 0.585. The van der Waals surface area contributed by atoms with Crippen molar-refractivity contribution in [1.29, 1.82) is 0 Å². The molecule has 4 aromatic rings. The molecule has 0 saturated carbocycles. The Kier molecular flexibility index (Phi) is 6.37. The highest BCUT2D eigenvalue weighted by molar-refractivity contribution is 14.1. The SMILES string of the molecule is Clc1ccc(-c2cn(-c3cccc(N4C=CNS4)c3)c(Cc3ccc(I)cc3)n2)c(Cl)c1. The smallest absolute Gasteiger partial charge is 0.118 e. The van der Waals surface area contributed by atoms with Gasteiger partial charge in [-0.1, -0.05) is 41.4 Å². The van der Waals surface area contributed by atoms with Crippen LogP contribution in [0.25, 0.3) is 16.9 Å². The van der Waals surface area contributed by atoms with Crippen LogP contribution >= 0.6 is 57.9 Å². The maximum atomic E-state index is 6.50. The third-order valence-electron chi connectivity index (χ3n) is 5.05. The molecule has 0 radical (unpaired) electrons. The highest BCUT2D eigenvalue weighted by Crippen LogP contribution is 2.32. The fourth-order valence-corrected chi connectivity index (χ4v) is 4.95. The minimum Gasteiger partial charge on any atom is -0.317 e. The average Bonchev–Trinajstić information content (AvgIpc) is 3.46. The van der Waals surface area contributed by atoms with Crippen molar-refractivity contribution in [3.8, 4) is 16.9 Å². The largest absolute Gasteiger partial charge is 0.317 e. The molecule has 0 saturated heterocycles. The van der Waals surface area contributed by atoms with Crippen molar-refractivity contribution >= 4 is 63.6 Å². The van der Waals surface area contributed by atoms with E-state index in [4.69, 9.17) is 28.2 Å². The molecule has 3 aromatic carbocycles. The Morgan fingerprint density at radius 1 is 0.969 bits per heavy atom. The summed E-state index contributed by atoms with van der Waals surface area (Å²) in [5.74, 6) is 0.937. The van der Waals surface area contributed by atoms with Gasteiger partial charge >= 0.3 is 0 Å². The van der Waals surface area contributed by atoms with Gasteiger partial charge in [0.05, 0.1) is 28.5 Å². The summed E-state index contributed by atoms with van der Waals surface area (Å²) in [7, 11) is 0. The highest BCUT2D eigenvalue weighted by Gasteiger charge is 2.16. The maximum absolute atomic E-state index is 6.50. The van der Waals surface area contributed by atoms with Crippen molar-refractivity contribution in [1.82, 2.24) is 14.3 Å². The second-order valence-corrected chi connectivity index (χ2v) is 10.1. The van der Waals surface area contributed by atoms with Crippen molar-refractivity contribution in [3.05, 3.63) is 110 Å². The van der Waals surface area contributed by atoms with Gasteiger partial charge in [-0.3, -0.25) is 4.31 Å². The Morgan fingerprint density at radius 2 is 1.78 bits per heavy atom. The van der Waals surface area contributed by atoms with Gasteiger partial charge in [0.15, 0.2) is 0 Å². The number of imidazole rings is 1. The number of nitrogens with zero attached hydrogens (tertiary/aromatic N) is 3. The predicted octanol–water partition coefficient (Wildman–Crippen LogP) is 7.49. The first kappa shape index (κ1) is 21.7. The molecule has 0 unspecified atom stereocenters. The summed E-state index contributed by atoms with van der Waals surface area (Å²) in [5, 5.41) is 1.19. The first-order valence-electron chi connectivity index (χ1n) is 9.84. The van der Waals surface area contributed by atoms with Crippen LogP contribution in [0.1, 0.15) is 11.4 Å². The topological polar surface area (TPSA) is 33.1 Å². The van der Waals surface area contributed by atoms with Crippen LogP contribution < -0.4 is 9.03 Å². The molecule has 160 valence electrons. The van der Waals surface area contributed by atoms with Crippen molar-refractivity contribution < 1.29 is 0 Å². The van der Waals surface area contributed by atoms with Crippen molar-refractivity contribution in [3.63, 3.8) is 0 Å². The Balaban J connectivity index is 1.59. The van der Waals surface area contributed by atoms with E-state index >= 15 is 0 Å². The summed E-state index contributed by atoms with van der Waals surface area (Å²) in [5.41, 5.74) is 4.98. The lowest BCUT2D eigenvalue weighted by Crippen LogP contribution is -2.06. The molecular formula is C24H17Cl2IN4S. The lowest BCUT2D eigenvalue weighted by atomic mass is 10.1. The Morgan fingerprint density at radius 3 is 2.53 bits per heavy atom. The standard InChI is InChI=1S/C24H17Cl2IN4S/c25-17-6-9-21(22(26)13-17)23-15-30(24(29-23)12-16-4-7-18(27)8-5-16)19-2-1-3-20(14-19)31-11-10-28-32-31/h1-11,13-15,28H,12H2. The molecule has 1 aromatic heterocycles. The Hall–Kier alpha value is -2.13. The quantitative estimate of drug-likeness (QED) is 0.193. The van der Waals surface area contributed by atoms with Crippen LogP contribution in [0.2, 0.25) is 10.0 Å². The third-order valence-corrected chi connectivity index (χ3v) is 7.09. The van der Waals surface area contributed by atoms with E-state index in [1.54, 1.807) is 6.07 Å². The Labute approximate surface area is 214 Å².